The minimum absolute atomic E-state index is 0.0291. The fourth-order valence-corrected chi connectivity index (χ4v) is 4.23. The van der Waals surface area contributed by atoms with Crippen LogP contribution in [-0.4, -0.2) is 63.7 Å². The van der Waals surface area contributed by atoms with Gasteiger partial charge in [0, 0.05) is 12.5 Å². The van der Waals surface area contributed by atoms with Crippen LogP contribution >= 0.6 is 0 Å². The van der Waals surface area contributed by atoms with Crippen molar-refractivity contribution in [1.82, 2.24) is 0 Å². The summed E-state index contributed by atoms with van der Waals surface area (Å²) < 4.78 is 36.3. The average Bonchev–Trinajstić information content (AvgIpc) is 3.34. The first-order valence-electron chi connectivity index (χ1n) is 13.8. The average molecular weight is 605 g/mol. The van der Waals surface area contributed by atoms with Crippen molar-refractivity contribution in [2.75, 3.05) is 39.6 Å². The van der Waals surface area contributed by atoms with E-state index in [1.54, 1.807) is 19.1 Å². The van der Waals surface area contributed by atoms with Crippen molar-refractivity contribution in [2.45, 2.75) is 20.3 Å². The van der Waals surface area contributed by atoms with E-state index >= 15 is 0 Å². The van der Waals surface area contributed by atoms with E-state index in [1.807, 2.05) is 24.3 Å². The first-order chi connectivity index (χ1) is 21.2. The molecule has 0 bridgehead atoms. The van der Waals surface area contributed by atoms with E-state index in [1.165, 1.54) is 31.2 Å². The molecule has 3 aromatic carbocycles. The SMILES string of the molecule is C=C(C)C(=O)OCCOCCOCCOC(=O)Oc1ccc(C(=O)Oc2ccc3c(c2)Cc2cc(OC(C)=O)ccc2-3)cc1. The number of rotatable bonds is 14. The van der Waals surface area contributed by atoms with Crippen LogP contribution in [0, 0.1) is 0 Å². The highest BCUT2D eigenvalue weighted by Crippen LogP contribution is 2.40. The molecule has 1 aliphatic carbocycles. The highest BCUT2D eigenvalue weighted by Gasteiger charge is 2.21. The second kappa shape index (κ2) is 15.5. The molecule has 0 amide bonds. The Bertz CT molecular complexity index is 1530. The molecule has 0 heterocycles. The van der Waals surface area contributed by atoms with Crippen molar-refractivity contribution < 1.29 is 52.3 Å². The zero-order chi connectivity index (χ0) is 31.5. The molecular formula is C33H32O11. The van der Waals surface area contributed by atoms with Gasteiger partial charge in [-0.1, -0.05) is 18.7 Å². The number of esters is 3. The predicted octanol–water partition coefficient (Wildman–Crippen LogP) is 5.07. The van der Waals surface area contributed by atoms with Crippen molar-refractivity contribution in [2.24, 2.45) is 0 Å². The van der Waals surface area contributed by atoms with Gasteiger partial charge in [-0.05, 0) is 84.1 Å². The lowest BCUT2D eigenvalue weighted by Gasteiger charge is -2.09. The molecule has 4 rings (SSSR count). The Morgan fingerprint density at radius 2 is 1.16 bits per heavy atom. The number of ether oxygens (including phenoxy) is 7. The minimum atomic E-state index is -0.918. The first-order valence-corrected chi connectivity index (χ1v) is 13.8. The van der Waals surface area contributed by atoms with Gasteiger partial charge in [0.05, 0.1) is 32.0 Å². The molecule has 230 valence electrons. The Morgan fingerprint density at radius 1 is 0.636 bits per heavy atom. The lowest BCUT2D eigenvalue weighted by Crippen LogP contribution is -2.16. The highest BCUT2D eigenvalue weighted by molar-refractivity contribution is 5.91. The van der Waals surface area contributed by atoms with Crippen LogP contribution in [0.25, 0.3) is 11.1 Å². The number of fused-ring (bicyclic) bond motifs is 3. The van der Waals surface area contributed by atoms with Crippen LogP contribution < -0.4 is 14.2 Å². The zero-order valence-corrected chi connectivity index (χ0v) is 24.4. The van der Waals surface area contributed by atoms with Crippen LogP contribution in [0.3, 0.4) is 0 Å². The van der Waals surface area contributed by atoms with Crippen molar-refractivity contribution in [3.8, 4) is 28.4 Å². The molecule has 0 radical (unpaired) electrons. The molecule has 0 atom stereocenters. The van der Waals surface area contributed by atoms with E-state index < -0.39 is 18.1 Å². The van der Waals surface area contributed by atoms with E-state index in [2.05, 4.69) is 6.58 Å². The smallest absolute Gasteiger partial charge is 0.460 e. The molecule has 0 spiro atoms. The molecule has 0 N–H and O–H groups in total. The molecule has 0 saturated carbocycles. The number of carbonyl (C=O) groups excluding carboxylic acids is 4. The molecule has 11 heteroatoms. The molecule has 44 heavy (non-hydrogen) atoms. The van der Waals surface area contributed by atoms with E-state index in [4.69, 9.17) is 33.2 Å². The molecule has 0 aromatic heterocycles. The van der Waals surface area contributed by atoms with E-state index in [9.17, 15) is 19.2 Å². The maximum Gasteiger partial charge on any atom is 0.513 e. The quantitative estimate of drug-likeness (QED) is 0.0628. The van der Waals surface area contributed by atoms with Gasteiger partial charge in [0.1, 0.15) is 30.5 Å². The molecule has 0 saturated heterocycles. The van der Waals surface area contributed by atoms with Gasteiger partial charge in [-0.3, -0.25) is 4.79 Å². The summed E-state index contributed by atoms with van der Waals surface area (Å²) in [7, 11) is 0. The van der Waals surface area contributed by atoms with Crippen LogP contribution in [0.2, 0.25) is 0 Å². The van der Waals surface area contributed by atoms with Gasteiger partial charge in [0.15, 0.2) is 0 Å². The molecule has 0 fully saturated rings. The van der Waals surface area contributed by atoms with E-state index in [0.717, 1.165) is 22.3 Å². The van der Waals surface area contributed by atoms with Crippen LogP contribution in [-0.2, 0) is 35.0 Å². The lowest BCUT2D eigenvalue weighted by molar-refractivity contribution is -0.140. The monoisotopic (exact) mass is 604 g/mol. The molecule has 11 nitrogen and oxygen atoms in total. The van der Waals surface area contributed by atoms with Crippen molar-refractivity contribution in [1.29, 1.82) is 0 Å². The molecule has 1 aliphatic rings. The Labute approximate surface area is 254 Å². The van der Waals surface area contributed by atoms with Gasteiger partial charge in [0.2, 0.25) is 0 Å². The molecular weight excluding hydrogens is 572 g/mol. The fourth-order valence-electron chi connectivity index (χ4n) is 4.23. The summed E-state index contributed by atoms with van der Waals surface area (Å²) in [5, 5.41) is 0. The van der Waals surface area contributed by atoms with Crippen LogP contribution in [0.1, 0.15) is 35.3 Å². The third-order valence-electron chi connectivity index (χ3n) is 6.22. The molecule has 0 unspecified atom stereocenters. The minimum Gasteiger partial charge on any atom is -0.460 e. The van der Waals surface area contributed by atoms with Crippen LogP contribution in [0.5, 0.6) is 17.2 Å². The third-order valence-corrected chi connectivity index (χ3v) is 6.22. The lowest BCUT2D eigenvalue weighted by atomic mass is 10.1. The zero-order valence-electron chi connectivity index (χ0n) is 24.4. The van der Waals surface area contributed by atoms with Gasteiger partial charge >= 0.3 is 24.1 Å². The summed E-state index contributed by atoms with van der Waals surface area (Å²) >= 11 is 0. The standard InChI is InChI=1S/C33H32O11/c1-21(2)31(35)40-16-14-38-12-13-39-15-17-41-33(37)44-26-6-4-23(5-7-26)32(36)43-28-9-11-30-25(20-28)18-24-19-27(42-22(3)34)8-10-29(24)30/h4-11,19-20H,1,12-18H2,2-3H3. The van der Waals surface area contributed by atoms with Gasteiger partial charge in [-0.15, -0.1) is 0 Å². The van der Waals surface area contributed by atoms with Crippen LogP contribution in [0.15, 0.2) is 72.8 Å². The fraction of sp³-hybridized carbons (Fsp3) is 0.273. The molecule has 3 aromatic rings. The maximum absolute atomic E-state index is 12.7. The summed E-state index contributed by atoms with van der Waals surface area (Å²) in [5.74, 6) is -0.346. The topological polar surface area (TPSA) is 133 Å². The third kappa shape index (κ3) is 9.25. The second-order valence-corrected chi connectivity index (χ2v) is 9.66. The van der Waals surface area contributed by atoms with Gasteiger partial charge < -0.3 is 33.2 Å². The number of hydrogen-bond donors (Lipinski definition) is 0. The van der Waals surface area contributed by atoms with Crippen LogP contribution in [0.4, 0.5) is 4.79 Å². The predicted molar refractivity (Wildman–Crippen MR) is 157 cm³/mol. The van der Waals surface area contributed by atoms with Gasteiger partial charge in [-0.2, -0.15) is 0 Å². The normalized spacial score (nSPS) is 11.1. The molecule has 0 aliphatic heterocycles. The second-order valence-electron chi connectivity index (χ2n) is 9.66. The van der Waals surface area contributed by atoms with E-state index in [-0.39, 0.29) is 56.9 Å². The summed E-state index contributed by atoms with van der Waals surface area (Å²) in [6.45, 7) is 7.41. The highest BCUT2D eigenvalue weighted by atomic mass is 16.7. The van der Waals surface area contributed by atoms with Crippen molar-refractivity contribution >= 4 is 24.1 Å². The number of carbonyl (C=O) groups is 4. The Balaban J connectivity index is 1.14. The number of hydrogen-bond acceptors (Lipinski definition) is 11. The Kier molecular flexibility index (Phi) is 11.2. The maximum atomic E-state index is 12.7. The summed E-state index contributed by atoms with van der Waals surface area (Å²) in [6.07, 6.45) is -0.303. The van der Waals surface area contributed by atoms with Crippen molar-refractivity contribution in [3.05, 3.63) is 89.5 Å². The summed E-state index contributed by atoms with van der Waals surface area (Å²) in [5.41, 5.74) is 4.67. The van der Waals surface area contributed by atoms with Gasteiger partial charge in [0.25, 0.3) is 0 Å². The summed E-state index contributed by atoms with van der Waals surface area (Å²) in [6, 6.07) is 16.8. The summed E-state index contributed by atoms with van der Waals surface area (Å²) in [4.78, 5) is 47.1. The Morgan fingerprint density at radius 3 is 1.73 bits per heavy atom. The van der Waals surface area contributed by atoms with Gasteiger partial charge in [-0.25, -0.2) is 14.4 Å². The first kappa shape index (κ1) is 31.9. The Hall–Kier alpha value is -5.00. The van der Waals surface area contributed by atoms with Crippen molar-refractivity contribution in [3.63, 3.8) is 0 Å². The van der Waals surface area contributed by atoms with E-state index in [0.29, 0.717) is 23.5 Å². The number of benzene rings is 3. The largest absolute Gasteiger partial charge is 0.513 e.